The summed E-state index contributed by atoms with van der Waals surface area (Å²) in [6.07, 6.45) is 0. The highest BCUT2D eigenvalue weighted by Gasteiger charge is 2.19. The van der Waals surface area contributed by atoms with Crippen molar-refractivity contribution in [3.05, 3.63) is 53.6 Å². The molecular weight excluding hydrogens is 388 g/mol. The number of aryl methyl sites for hydroxylation is 2. The van der Waals surface area contributed by atoms with Crippen LogP contribution in [0, 0.1) is 13.8 Å². The first-order valence-corrected chi connectivity index (χ1v) is 9.95. The van der Waals surface area contributed by atoms with E-state index in [0.717, 1.165) is 16.7 Å². The van der Waals surface area contributed by atoms with Crippen LogP contribution < -0.4 is 10.6 Å². The summed E-state index contributed by atoms with van der Waals surface area (Å²) in [7, 11) is 0. The van der Waals surface area contributed by atoms with Crippen LogP contribution in [0.3, 0.4) is 0 Å². The molecule has 2 aromatic carbocycles. The van der Waals surface area contributed by atoms with Gasteiger partial charge in [-0.15, -0.1) is 10.2 Å². The Morgan fingerprint density at radius 2 is 1.55 bits per heavy atom. The lowest BCUT2D eigenvalue weighted by atomic mass is 10.1. The molecule has 0 radical (unpaired) electrons. The largest absolute Gasteiger partial charge is 0.411 e. The second-order valence-electron chi connectivity index (χ2n) is 6.76. The van der Waals surface area contributed by atoms with E-state index in [1.807, 2.05) is 26.0 Å². The van der Waals surface area contributed by atoms with Crippen molar-refractivity contribution in [2.75, 3.05) is 10.6 Å². The van der Waals surface area contributed by atoms with Gasteiger partial charge in [0.15, 0.2) is 0 Å². The van der Waals surface area contributed by atoms with Gasteiger partial charge in [0, 0.05) is 23.9 Å². The summed E-state index contributed by atoms with van der Waals surface area (Å²) in [6, 6.07) is 12.9. The summed E-state index contributed by atoms with van der Waals surface area (Å²) >= 11 is 1.20. The molecule has 3 aromatic rings. The topological polar surface area (TPSA) is 97.1 Å². The van der Waals surface area contributed by atoms with Crippen molar-refractivity contribution >= 4 is 35.0 Å². The van der Waals surface area contributed by atoms with E-state index in [9.17, 15) is 9.59 Å². The van der Waals surface area contributed by atoms with Crippen LogP contribution in [-0.4, -0.2) is 27.3 Å². The van der Waals surface area contributed by atoms with Crippen LogP contribution >= 0.6 is 11.8 Å². The monoisotopic (exact) mass is 410 g/mol. The van der Waals surface area contributed by atoms with Gasteiger partial charge in [0.05, 0.1) is 5.25 Å². The van der Waals surface area contributed by atoms with Crippen molar-refractivity contribution in [3.63, 3.8) is 0 Å². The summed E-state index contributed by atoms with van der Waals surface area (Å²) in [4.78, 5) is 23.5. The second kappa shape index (κ2) is 8.91. The number of carbonyl (C=O) groups excluding carboxylic acids is 2. The van der Waals surface area contributed by atoms with Gasteiger partial charge in [-0.05, 0) is 57.2 Å². The normalized spacial score (nSPS) is 11.7. The molecule has 0 aliphatic rings. The number of nitrogens with zero attached hydrogens (tertiary/aromatic N) is 2. The van der Waals surface area contributed by atoms with E-state index in [4.69, 9.17) is 4.42 Å². The maximum absolute atomic E-state index is 12.5. The molecule has 2 amide bonds. The van der Waals surface area contributed by atoms with Gasteiger partial charge in [0.2, 0.25) is 17.7 Å². The van der Waals surface area contributed by atoms with Gasteiger partial charge in [0.1, 0.15) is 0 Å². The van der Waals surface area contributed by atoms with Gasteiger partial charge in [-0.2, -0.15) is 0 Å². The number of benzene rings is 2. The highest BCUT2D eigenvalue weighted by Crippen LogP contribution is 2.28. The summed E-state index contributed by atoms with van der Waals surface area (Å²) in [6.45, 7) is 7.24. The minimum absolute atomic E-state index is 0.147. The van der Waals surface area contributed by atoms with Crippen LogP contribution in [0.2, 0.25) is 0 Å². The molecule has 1 heterocycles. The molecule has 8 heteroatoms. The Morgan fingerprint density at radius 3 is 2.14 bits per heavy atom. The van der Waals surface area contributed by atoms with Crippen molar-refractivity contribution in [2.24, 2.45) is 0 Å². The van der Waals surface area contributed by atoms with E-state index in [1.165, 1.54) is 18.7 Å². The molecule has 7 nitrogen and oxygen atoms in total. The predicted molar refractivity (Wildman–Crippen MR) is 114 cm³/mol. The maximum atomic E-state index is 12.5. The third-order valence-electron chi connectivity index (χ3n) is 3.99. The molecule has 0 spiro atoms. The Balaban J connectivity index is 1.61. The summed E-state index contributed by atoms with van der Waals surface area (Å²) < 4.78 is 5.72. The smallest absolute Gasteiger partial charge is 0.277 e. The van der Waals surface area contributed by atoms with Crippen molar-refractivity contribution in [3.8, 4) is 11.5 Å². The SMILES string of the molecule is CC(=O)Nc1ccc(NC(=O)C(C)Sc2nnc(-c3cc(C)cc(C)c3)o2)cc1. The first kappa shape index (κ1) is 20.6. The summed E-state index contributed by atoms with van der Waals surface area (Å²) in [5.74, 6) is 0.0976. The van der Waals surface area contributed by atoms with Crippen LogP contribution in [0.15, 0.2) is 52.1 Å². The van der Waals surface area contributed by atoms with E-state index >= 15 is 0 Å². The number of thioether (sulfide) groups is 1. The molecule has 0 bridgehead atoms. The zero-order chi connectivity index (χ0) is 21.0. The fourth-order valence-corrected chi connectivity index (χ4v) is 3.44. The Kier molecular flexibility index (Phi) is 6.33. The molecular formula is C21H22N4O3S. The Hall–Kier alpha value is -3.13. The lowest BCUT2D eigenvalue weighted by molar-refractivity contribution is -0.115. The van der Waals surface area contributed by atoms with Crippen LogP contribution in [0.25, 0.3) is 11.5 Å². The van der Waals surface area contributed by atoms with Crippen LogP contribution in [-0.2, 0) is 9.59 Å². The maximum Gasteiger partial charge on any atom is 0.277 e. The molecule has 3 rings (SSSR count). The second-order valence-corrected chi connectivity index (χ2v) is 8.05. The number of rotatable bonds is 6. The minimum atomic E-state index is -0.433. The number of carbonyl (C=O) groups is 2. The van der Waals surface area contributed by atoms with Gasteiger partial charge in [0.25, 0.3) is 5.22 Å². The van der Waals surface area contributed by atoms with E-state index in [0.29, 0.717) is 22.5 Å². The van der Waals surface area contributed by atoms with E-state index in [-0.39, 0.29) is 11.8 Å². The van der Waals surface area contributed by atoms with Crippen LogP contribution in [0.5, 0.6) is 0 Å². The average molecular weight is 410 g/mol. The van der Waals surface area contributed by atoms with Gasteiger partial charge >= 0.3 is 0 Å². The molecule has 0 saturated carbocycles. The van der Waals surface area contributed by atoms with Gasteiger partial charge < -0.3 is 15.1 Å². The van der Waals surface area contributed by atoms with Gasteiger partial charge in [-0.3, -0.25) is 9.59 Å². The zero-order valence-corrected chi connectivity index (χ0v) is 17.5. The van der Waals surface area contributed by atoms with Crippen LogP contribution in [0.1, 0.15) is 25.0 Å². The van der Waals surface area contributed by atoms with E-state index < -0.39 is 5.25 Å². The molecule has 2 N–H and O–H groups in total. The van der Waals surface area contributed by atoms with Crippen molar-refractivity contribution < 1.29 is 14.0 Å². The third-order valence-corrected chi connectivity index (χ3v) is 4.93. The molecule has 1 unspecified atom stereocenters. The Labute approximate surface area is 173 Å². The van der Waals surface area contributed by atoms with Crippen molar-refractivity contribution in [1.29, 1.82) is 0 Å². The highest BCUT2D eigenvalue weighted by molar-refractivity contribution is 8.00. The first-order chi connectivity index (χ1) is 13.8. The minimum Gasteiger partial charge on any atom is -0.411 e. The number of amides is 2. The number of hydrogen-bond acceptors (Lipinski definition) is 6. The predicted octanol–water partition coefficient (Wildman–Crippen LogP) is 4.43. The molecule has 1 atom stereocenters. The van der Waals surface area contributed by atoms with E-state index in [1.54, 1.807) is 31.2 Å². The molecule has 1 aromatic heterocycles. The standard InChI is InChI=1S/C21H22N4O3S/c1-12-9-13(2)11-16(10-12)20-24-25-21(28-20)29-14(3)19(27)23-18-7-5-17(6-8-18)22-15(4)26/h5-11,14H,1-4H3,(H,22,26)(H,23,27). The van der Waals surface area contributed by atoms with Gasteiger partial charge in [-0.25, -0.2) is 0 Å². The molecule has 0 saturated heterocycles. The van der Waals surface area contributed by atoms with Crippen molar-refractivity contribution in [1.82, 2.24) is 10.2 Å². The van der Waals surface area contributed by atoms with Crippen molar-refractivity contribution in [2.45, 2.75) is 38.2 Å². The zero-order valence-electron chi connectivity index (χ0n) is 16.6. The summed E-state index contributed by atoms with van der Waals surface area (Å²) in [5, 5.41) is 13.6. The Bertz CT molecular complexity index is 1010. The highest BCUT2D eigenvalue weighted by atomic mass is 32.2. The number of hydrogen-bond donors (Lipinski definition) is 2. The molecule has 0 fully saturated rings. The lowest BCUT2D eigenvalue weighted by Crippen LogP contribution is -2.22. The number of anilines is 2. The van der Waals surface area contributed by atoms with Gasteiger partial charge in [-0.1, -0.05) is 29.0 Å². The molecule has 29 heavy (non-hydrogen) atoms. The summed E-state index contributed by atoms with van der Waals surface area (Å²) in [5.41, 5.74) is 4.40. The fraction of sp³-hybridized carbons (Fsp3) is 0.238. The molecule has 0 aliphatic carbocycles. The quantitative estimate of drug-likeness (QED) is 0.584. The fourth-order valence-electron chi connectivity index (χ4n) is 2.76. The van der Waals surface area contributed by atoms with Crippen LogP contribution in [0.4, 0.5) is 11.4 Å². The average Bonchev–Trinajstić information content (AvgIpc) is 3.10. The van der Waals surface area contributed by atoms with E-state index in [2.05, 4.69) is 26.9 Å². The Morgan fingerprint density at radius 1 is 0.966 bits per heavy atom. The number of aromatic nitrogens is 2. The molecule has 0 aliphatic heterocycles. The third kappa shape index (κ3) is 5.68. The lowest BCUT2D eigenvalue weighted by Gasteiger charge is -2.10. The number of nitrogens with one attached hydrogen (secondary N) is 2. The molecule has 150 valence electrons. The first-order valence-electron chi connectivity index (χ1n) is 9.07.